The van der Waals surface area contributed by atoms with Crippen LogP contribution < -0.4 is 9.47 Å². The Labute approximate surface area is 96.1 Å². The van der Waals surface area contributed by atoms with Gasteiger partial charge in [0.1, 0.15) is 11.5 Å². The van der Waals surface area contributed by atoms with E-state index in [1.807, 2.05) is 0 Å². The number of carbonyl (C=O) groups excluding carboxylic acids is 1. The van der Waals surface area contributed by atoms with E-state index < -0.39 is 12.8 Å². The number of hydrogen-bond acceptors (Lipinski definition) is 3. The zero-order valence-corrected chi connectivity index (χ0v) is 9.30. The summed E-state index contributed by atoms with van der Waals surface area (Å²) in [6.45, 7) is -0.192. The number of methoxy groups -OCH3 is 1. The number of ether oxygens (including phenoxy) is 2. The molecule has 0 spiro atoms. The van der Waals surface area contributed by atoms with Crippen LogP contribution in [0.25, 0.3) is 0 Å². The fourth-order valence-electron chi connectivity index (χ4n) is 1.20. The Bertz CT molecular complexity index is 413. The first-order valence-electron chi connectivity index (χ1n) is 4.72. The summed E-state index contributed by atoms with van der Waals surface area (Å²) in [4.78, 5) is 11.2. The first-order chi connectivity index (χ1) is 7.83. The fraction of sp³-hybridized carbons (Fsp3) is 0.364. The smallest absolute Gasteiger partial charge is 0.422 e. The Morgan fingerprint density at radius 3 is 2.47 bits per heavy atom. The summed E-state index contributed by atoms with van der Waals surface area (Å²) < 4.78 is 45.5. The minimum Gasteiger partial charge on any atom is -0.497 e. The number of benzene rings is 1. The highest BCUT2D eigenvalue weighted by molar-refractivity contribution is 5.97. The Balaban J connectivity index is 2.97. The van der Waals surface area contributed by atoms with Crippen molar-refractivity contribution < 1.29 is 27.4 Å². The highest BCUT2D eigenvalue weighted by Gasteiger charge is 2.29. The molecule has 6 heteroatoms. The van der Waals surface area contributed by atoms with Crippen molar-refractivity contribution in [2.24, 2.45) is 0 Å². The van der Waals surface area contributed by atoms with E-state index in [1.165, 1.54) is 32.2 Å². The maximum absolute atomic E-state index is 12.0. The van der Waals surface area contributed by atoms with Gasteiger partial charge in [0.2, 0.25) is 0 Å². The first kappa shape index (κ1) is 13.3. The molecule has 0 saturated heterocycles. The highest BCUT2D eigenvalue weighted by atomic mass is 19.4. The number of carbonyl (C=O) groups is 1. The third-order valence-corrected chi connectivity index (χ3v) is 1.96. The van der Waals surface area contributed by atoms with E-state index in [0.29, 0.717) is 5.75 Å². The summed E-state index contributed by atoms with van der Waals surface area (Å²) in [6.07, 6.45) is -4.45. The molecule has 0 heterocycles. The molecule has 94 valence electrons. The van der Waals surface area contributed by atoms with E-state index in [4.69, 9.17) is 4.74 Å². The quantitative estimate of drug-likeness (QED) is 0.768. The van der Waals surface area contributed by atoms with Crippen molar-refractivity contribution in [3.05, 3.63) is 23.8 Å². The Hall–Kier alpha value is -1.72. The highest BCUT2D eigenvalue weighted by Crippen LogP contribution is 2.27. The number of halogens is 3. The molecule has 0 N–H and O–H groups in total. The molecule has 0 aliphatic heterocycles. The lowest BCUT2D eigenvalue weighted by Crippen LogP contribution is -2.20. The van der Waals surface area contributed by atoms with Crippen molar-refractivity contribution in [1.82, 2.24) is 0 Å². The van der Waals surface area contributed by atoms with Gasteiger partial charge in [0, 0.05) is 6.07 Å². The fourth-order valence-corrected chi connectivity index (χ4v) is 1.20. The summed E-state index contributed by atoms with van der Waals surface area (Å²) in [5.74, 6) is -0.175. The number of rotatable bonds is 4. The van der Waals surface area contributed by atoms with Crippen LogP contribution in [0.3, 0.4) is 0 Å². The number of ketones is 1. The molecule has 1 aromatic carbocycles. The van der Waals surface area contributed by atoms with E-state index in [1.54, 1.807) is 0 Å². The van der Waals surface area contributed by atoms with Crippen molar-refractivity contribution in [2.45, 2.75) is 13.1 Å². The molecule has 0 bridgehead atoms. The van der Waals surface area contributed by atoms with E-state index in [9.17, 15) is 18.0 Å². The predicted octanol–water partition coefficient (Wildman–Crippen LogP) is 2.84. The maximum atomic E-state index is 12.0. The van der Waals surface area contributed by atoms with Gasteiger partial charge in [-0.2, -0.15) is 13.2 Å². The summed E-state index contributed by atoms with van der Waals surface area (Å²) in [5, 5.41) is 0. The van der Waals surface area contributed by atoms with E-state index >= 15 is 0 Å². The third kappa shape index (κ3) is 3.97. The van der Waals surface area contributed by atoms with E-state index in [0.717, 1.165) is 0 Å². The Morgan fingerprint density at radius 1 is 1.35 bits per heavy atom. The molecule has 1 aromatic rings. The average Bonchev–Trinajstić information content (AvgIpc) is 2.24. The van der Waals surface area contributed by atoms with Crippen molar-refractivity contribution in [3.63, 3.8) is 0 Å². The Morgan fingerprint density at radius 2 is 2.00 bits per heavy atom. The van der Waals surface area contributed by atoms with Crippen LogP contribution in [0.15, 0.2) is 18.2 Å². The topological polar surface area (TPSA) is 35.5 Å². The molecular weight excluding hydrogens is 237 g/mol. The maximum Gasteiger partial charge on any atom is 0.422 e. The molecule has 0 saturated carbocycles. The van der Waals surface area contributed by atoms with Crippen molar-refractivity contribution in [1.29, 1.82) is 0 Å². The van der Waals surface area contributed by atoms with Gasteiger partial charge >= 0.3 is 6.18 Å². The average molecular weight is 248 g/mol. The van der Waals surface area contributed by atoms with Gasteiger partial charge in [0.25, 0.3) is 0 Å². The van der Waals surface area contributed by atoms with Crippen LogP contribution in [0.5, 0.6) is 11.5 Å². The van der Waals surface area contributed by atoms with Crippen LogP contribution >= 0.6 is 0 Å². The van der Waals surface area contributed by atoms with Gasteiger partial charge in [-0.1, -0.05) is 0 Å². The minimum absolute atomic E-state index is 0.0926. The van der Waals surface area contributed by atoms with Crippen LogP contribution in [0, 0.1) is 0 Å². The van der Waals surface area contributed by atoms with Gasteiger partial charge in [0.15, 0.2) is 12.4 Å². The van der Waals surface area contributed by atoms with Gasteiger partial charge < -0.3 is 9.47 Å². The second kappa shape index (κ2) is 5.07. The Kier molecular flexibility index (Phi) is 3.98. The zero-order chi connectivity index (χ0) is 13.1. The van der Waals surface area contributed by atoms with Crippen molar-refractivity contribution >= 4 is 5.78 Å². The van der Waals surface area contributed by atoms with Crippen LogP contribution in [-0.4, -0.2) is 25.7 Å². The molecule has 0 aliphatic rings. The molecule has 0 amide bonds. The van der Waals surface area contributed by atoms with Gasteiger partial charge in [-0.3, -0.25) is 4.79 Å². The van der Waals surface area contributed by atoms with Gasteiger partial charge in [-0.05, 0) is 19.1 Å². The molecular formula is C11H11F3O3. The largest absolute Gasteiger partial charge is 0.497 e. The van der Waals surface area contributed by atoms with Gasteiger partial charge in [-0.25, -0.2) is 0 Å². The molecule has 0 aromatic heterocycles. The molecule has 3 nitrogen and oxygen atoms in total. The second-order valence-electron chi connectivity index (χ2n) is 3.32. The summed E-state index contributed by atoms with van der Waals surface area (Å²) in [5.41, 5.74) is 0.0926. The number of Topliss-reactive ketones (excluding diaryl/α,β-unsaturated/α-hetero) is 1. The number of alkyl halides is 3. The predicted molar refractivity (Wildman–Crippen MR) is 54.5 cm³/mol. The molecule has 17 heavy (non-hydrogen) atoms. The molecule has 0 unspecified atom stereocenters. The number of hydrogen-bond donors (Lipinski definition) is 0. The van der Waals surface area contributed by atoms with Crippen LogP contribution in [0.2, 0.25) is 0 Å². The lowest BCUT2D eigenvalue weighted by molar-refractivity contribution is -0.153. The minimum atomic E-state index is -4.45. The zero-order valence-electron chi connectivity index (χ0n) is 9.30. The summed E-state index contributed by atoms with van der Waals surface area (Å²) in [7, 11) is 1.37. The van der Waals surface area contributed by atoms with Crippen LogP contribution in [0.4, 0.5) is 13.2 Å². The molecule has 0 atom stereocenters. The van der Waals surface area contributed by atoms with Gasteiger partial charge in [-0.15, -0.1) is 0 Å². The summed E-state index contributed by atoms with van der Waals surface area (Å²) in [6, 6.07) is 4.10. The SMILES string of the molecule is COc1ccc(C(C)=O)c(OCC(F)(F)F)c1. The van der Waals surface area contributed by atoms with Gasteiger partial charge in [0.05, 0.1) is 12.7 Å². The standard InChI is InChI=1S/C11H11F3O3/c1-7(15)9-4-3-8(16-2)5-10(9)17-6-11(12,13)14/h3-5H,6H2,1-2H3. The lowest BCUT2D eigenvalue weighted by atomic mass is 10.1. The molecule has 0 aliphatic carbocycles. The molecule has 0 fully saturated rings. The molecule has 0 radical (unpaired) electrons. The van der Waals surface area contributed by atoms with Crippen LogP contribution in [0.1, 0.15) is 17.3 Å². The van der Waals surface area contributed by atoms with E-state index in [-0.39, 0.29) is 17.1 Å². The van der Waals surface area contributed by atoms with Crippen LogP contribution in [-0.2, 0) is 0 Å². The first-order valence-corrected chi connectivity index (χ1v) is 4.72. The van der Waals surface area contributed by atoms with Crippen molar-refractivity contribution in [2.75, 3.05) is 13.7 Å². The second-order valence-corrected chi connectivity index (χ2v) is 3.32. The lowest BCUT2D eigenvalue weighted by Gasteiger charge is -2.12. The normalized spacial score (nSPS) is 11.1. The van der Waals surface area contributed by atoms with E-state index in [2.05, 4.69) is 4.74 Å². The van der Waals surface area contributed by atoms with Crippen molar-refractivity contribution in [3.8, 4) is 11.5 Å². The third-order valence-electron chi connectivity index (χ3n) is 1.96. The summed E-state index contributed by atoms with van der Waals surface area (Å²) >= 11 is 0. The molecule has 1 rings (SSSR count). The monoisotopic (exact) mass is 248 g/mol.